The van der Waals surface area contributed by atoms with Crippen LogP contribution in [0.4, 0.5) is 5.69 Å². The molecule has 1 aliphatic heterocycles. The van der Waals surface area contributed by atoms with Gasteiger partial charge in [0.25, 0.3) is 0 Å². The normalized spacial score (nSPS) is 15.2. The van der Waals surface area contributed by atoms with Gasteiger partial charge in [0, 0.05) is 30.6 Å². The van der Waals surface area contributed by atoms with Crippen LogP contribution in [-0.2, 0) is 19.6 Å². The molecule has 1 amide bonds. The van der Waals surface area contributed by atoms with E-state index in [1.165, 1.54) is 28.6 Å². The molecule has 1 aromatic heterocycles. The molecule has 1 N–H and O–H groups in total. The van der Waals surface area contributed by atoms with Crippen LogP contribution in [0.15, 0.2) is 59.6 Å². The number of carbonyl (C=O) groups is 2. The number of hydrogen-bond donors (Lipinski definition) is 1. The first-order valence-electron chi connectivity index (χ1n) is 11.2. The first kappa shape index (κ1) is 23.8. The summed E-state index contributed by atoms with van der Waals surface area (Å²) in [4.78, 5) is 29.3. The minimum Gasteiger partial charge on any atom is -0.462 e. The molecule has 2 heterocycles. The molecule has 1 saturated heterocycles. The summed E-state index contributed by atoms with van der Waals surface area (Å²) in [6.07, 6.45) is 2.57. The van der Waals surface area contributed by atoms with E-state index in [4.69, 9.17) is 4.74 Å². The second-order valence-corrected chi connectivity index (χ2v) is 10.2. The summed E-state index contributed by atoms with van der Waals surface area (Å²) in [5.74, 6) is -0.897. The average Bonchev–Trinajstić information content (AvgIpc) is 2.86. The van der Waals surface area contributed by atoms with Crippen molar-refractivity contribution in [3.63, 3.8) is 0 Å². The number of nitrogens with one attached hydrogen (secondary N) is 1. The van der Waals surface area contributed by atoms with E-state index in [-0.39, 0.29) is 36.4 Å². The van der Waals surface area contributed by atoms with Crippen molar-refractivity contribution >= 4 is 38.5 Å². The highest BCUT2D eigenvalue weighted by Gasteiger charge is 2.32. The Kier molecular flexibility index (Phi) is 6.95. The number of ether oxygens (including phenoxy) is 1. The predicted molar refractivity (Wildman–Crippen MR) is 129 cm³/mol. The van der Waals surface area contributed by atoms with E-state index in [0.29, 0.717) is 24.1 Å². The third-order valence-corrected chi connectivity index (χ3v) is 7.97. The highest BCUT2D eigenvalue weighted by Crippen LogP contribution is 2.28. The number of anilines is 1. The van der Waals surface area contributed by atoms with Crippen LogP contribution in [0.25, 0.3) is 10.9 Å². The van der Waals surface area contributed by atoms with E-state index in [1.807, 2.05) is 31.2 Å². The summed E-state index contributed by atoms with van der Waals surface area (Å²) in [6, 6.07) is 13.3. The lowest BCUT2D eigenvalue weighted by atomic mass is 9.97. The third kappa shape index (κ3) is 4.80. The lowest BCUT2D eigenvalue weighted by Crippen LogP contribution is -2.41. The Hall–Kier alpha value is -3.30. The van der Waals surface area contributed by atoms with Crippen LogP contribution in [0.1, 0.15) is 35.7 Å². The number of piperidine rings is 1. The average molecular weight is 482 g/mol. The molecule has 0 aliphatic carbocycles. The topological polar surface area (TPSA) is 106 Å². The molecular formula is C25H27N3O5S. The predicted octanol–water partition coefficient (Wildman–Crippen LogP) is 3.76. The molecule has 1 fully saturated rings. The van der Waals surface area contributed by atoms with Gasteiger partial charge in [0.1, 0.15) is 0 Å². The standard InChI is InChI=1S/C25H27N3O5S/c1-3-33-25(30)19-7-9-20(10-8-19)34(31,32)28-15-12-18(13-16-28)24(29)27-22-11-6-17(2)23-21(22)5-4-14-26-23/h4-11,14,18H,3,12-13,15-16H2,1-2H3,(H,27,29). The Morgan fingerprint density at radius 2 is 1.79 bits per heavy atom. The molecule has 0 atom stereocenters. The number of hydrogen-bond acceptors (Lipinski definition) is 6. The highest BCUT2D eigenvalue weighted by molar-refractivity contribution is 7.89. The van der Waals surface area contributed by atoms with Crippen molar-refractivity contribution in [3.8, 4) is 0 Å². The maximum Gasteiger partial charge on any atom is 0.338 e. The minimum atomic E-state index is -3.72. The number of nitrogens with zero attached hydrogens (tertiary/aromatic N) is 2. The van der Waals surface area contributed by atoms with Gasteiger partial charge in [-0.2, -0.15) is 4.31 Å². The molecule has 3 aromatic rings. The molecule has 4 rings (SSSR count). The number of rotatable bonds is 6. The minimum absolute atomic E-state index is 0.113. The van der Waals surface area contributed by atoms with Crippen LogP contribution in [0.5, 0.6) is 0 Å². The number of aryl methyl sites for hydroxylation is 1. The maximum absolute atomic E-state index is 13.0. The summed E-state index contributed by atoms with van der Waals surface area (Å²) in [5, 5.41) is 3.88. The van der Waals surface area contributed by atoms with Crippen LogP contribution in [-0.4, -0.2) is 49.3 Å². The van der Waals surface area contributed by atoms with Gasteiger partial charge in [-0.15, -0.1) is 0 Å². The Morgan fingerprint density at radius 1 is 1.09 bits per heavy atom. The Balaban J connectivity index is 1.40. The number of fused-ring (bicyclic) bond motifs is 1. The molecule has 0 saturated carbocycles. The lowest BCUT2D eigenvalue weighted by Gasteiger charge is -2.30. The summed E-state index contributed by atoms with van der Waals surface area (Å²) >= 11 is 0. The fraction of sp³-hybridized carbons (Fsp3) is 0.320. The second kappa shape index (κ2) is 9.90. The van der Waals surface area contributed by atoms with Crippen molar-refractivity contribution < 1.29 is 22.7 Å². The molecule has 1 aliphatic rings. The van der Waals surface area contributed by atoms with Crippen LogP contribution in [0.2, 0.25) is 0 Å². The molecule has 9 heteroatoms. The van der Waals surface area contributed by atoms with E-state index >= 15 is 0 Å². The van der Waals surface area contributed by atoms with Gasteiger partial charge in [-0.3, -0.25) is 9.78 Å². The SMILES string of the molecule is CCOC(=O)c1ccc(S(=O)(=O)N2CCC(C(=O)Nc3ccc(C)c4ncccc34)CC2)cc1. The molecule has 34 heavy (non-hydrogen) atoms. The molecule has 178 valence electrons. The van der Waals surface area contributed by atoms with Crippen molar-refractivity contribution in [1.29, 1.82) is 0 Å². The largest absolute Gasteiger partial charge is 0.462 e. The molecule has 0 radical (unpaired) electrons. The van der Waals surface area contributed by atoms with E-state index in [0.717, 1.165) is 16.5 Å². The first-order valence-corrected chi connectivity index (χ1v) is 12.7. The smallest absolute Gasteiger partial charge is 0.338 e. The maximum atomic E-state index is 13.0. The van der Waals surface area contributed by atoms with Crippen molar-refractivity contribution in [2.24, 2.45) is 5.92 Å². The number of aromatic nitrogens is 1. The zero-order valence-corrected chi connectivity index (χ0v) is 20.0. The van der Waals surface area contributed by atoms with Gasteiger partial charge < -0.3 is 10.1 Å². The third-order valence-electron chi connectivity index (χ3n) is 6.06. The Labute approximate surface area is 199 Å². The van der Waals surface area contributed by atoms with Crippen LogP contribution >= 0.6 is 0 Å². The van der Waals surface area contributed by atoms with Crippen LogP contribution in [0.3, 0.4) is 0 Å². The van der Waals surface area contributed by atoms with E-state index in [2.05, 4.69) is 10.3 Å². The summed E-state index contributed by atoms with van der Waals surface area (Å²) in [5.41, 5.74) is 2.88. The van der Waals surface area contributed by atoms with Crippen LogP contribution < -0.4 is 5.32 Å². The zero-order valence-electron chi connectivity index (χ0n) is 19.2. The zero-order chi connectivity index (χ0) is 24.3. The number of amides is 1. The van der Waals surface area contributed by atoms with E-state index in [1.54, 1.807) is 13.1 Å². The summed E-state index contributed by atoms with van der Waals surface area (Å²) < 4.78 is 32.4. The van der Waals surface area contributed by atoms with Crippen LogP contribution in [0, 0.1) is 12.8 Å². The lowest BCUT2D eigenvalue weighted by molar-refractivity contribution is -0.120. The van der Waals surface area contributed by atoms with Gasteiger partial charge in [0.15, 0.2) is 0 Å². The van der Waals surface area contributed by atoms with Crippen molar-refractivity contribution in [2.75, 3.05) is 25.0 Å². The van der Waals surface area contributed by atoms with Crippen molar-refractivity contribution in [3.05, 3.63) is 65.9 Å². The first-order chi connectivity index (χ1) is 16.3. The quantitative estimate of drug-likeness (QED) is 0.538. The van der Waals surface area contributed by atoms with Gasteiger partial charge >= 0.3 is 5.97 Å². The van der Waals surface area contributed by atoms with Crippen molar-refractivity contribution in [1.82, 2.24) is 9.29 Å². The number of carbonyl (C=O) groups excluding carboxylic acids is 2. The Morgan fingerprint density at radius 3 is 2.47 bits per heavy atom. The van der Waals surface area contributed by atoms with Gasteiger partial charge in [0.2, 0.25) is 15.9 Å². The molecule has 0 unspecified atom stereocenters. The monoisotopic (exact) mass is 481 g/mol. The van der Waals surface area contributed by atoms with Gasteiger partial charge in [-0.05, 0) is 74.7 Å². The second-order valence-electron chi connectivity index (χ2n) is 8.24. The van der Waals surface area contributed by atoms with Gasteiger partial charge in [-0.1, -0.05) is 6.07 Å². The number of esters is 1. The summed E-state index contributed by atoms with van der Waals surface area (Å²) in [6.45, 7) is 4.42. The molecule has 8 nitrogen and oxygen atoms in total. The number of pyridine rings is 1. The fourth-order valence-corrected chi connectivity index (χ4v) is 5.61. The van der Waals surface area contributed by atoms with E-state index < -0.39 is 16.0 Å². The Bertz CT molecular complexity index is 1310. The van der Waals surface area contributed by atoms with Gasteiger partial charge in [-0.25, -0.2) is 13.2 Å². The molecule has 2 aromatic carbocycles. The number of benzene rings is 2. The van der Waals surface area contributed by atoms with E-state index in [9.17, 15) is 18.0 Å². The van der Waals surface area contributed by atoms with Crippen molar-refractivity contribution in [2.45, 2.75) is 31.6 Å². The molecule has 0 bridgehead atoms. The van der Waals surface area contributed by atoms with Gasteiger partial charge in [0.05, 0.1) is 28.3 Å². The summed E-state index contributed by atoms with van der Waals surface area (Å²) in [7, 11) is -3.72. The molecular weight excluding hydrogens is 454 g/mol. The fourth-order valence-electron chi connectivity index (χ4n) is 4.14. The highest BCUT2D eigenvalue weighted by atomic mass is 32.2. The molecule has 0 spiro atoms. The number of sulfonamides is 1.